The molecule has 0 spiro atoms. The van der Waals surface area contributed by atoms with Crippen molar-refractivity contribution in [3.8, 4) is 17.2 Å². The summed E-state index contributed by atoms with van der Waals surface area (Å²) >= 11 is 19.5. The topological polar surface area (TPSA) is 274 Å². The number of aryl methyl sites for hydroxylation is 3. The van der Waals surface area contributed by atoms with Gasteiger partial charge in [-0.15, -0.1) is 0 Å². The maximum atomic E-state index is 13.2. The smallest absolute Gasteiger partial charge is 0.255 e. The molecule has 6 aromatic carbocycles. The fraction of sp³-hybridized carbons (Fsp3) is 0.479. The van der Waals surface area contributed by atoms with Crippen LogP contribution in [-0.2, 0) is 9.84 Å². The van der Waals surface area contributed by atoms with Crippen LogP contribution in [0, 0.1) is 20.8 Å². The molecule has 670 valence electrons. The zero-order valence-corrected chi connectivity index (χ0v) is 78.7. The monoisotopic (exact) mass is 1780 g/mol. The Balaban J connectivity index is 0.000000171. The highest BCUT2D eigenvalue weighted by Crippen LogP contribution is 2.45. The number of sulfone groups is 1. The third kappa shape index (κ3) is 24.8. The van der Waals surface area contributed by atoms with Crippen LogP contribution in [0.1, 0.15) is 211 Å². The molecule has 2 aliphatic carbocycles. The van der Waals surface area contributed by atoms with E-state index >= 15 is 0 Å². The van der Waals surface area contributed by atoms with Gasteiger partial charge in [-0.1, -0.05) is 84.0 Å². The van der Waals surface area contributed by atoms with E-state index in [2.05, 4.69) is 186 Å². The van der Waals surface area contributed by atoms with Gasteiger partial charge in [-0.05, 0) is 339 Å². The molecular weight excluding hydrogens is 1660 g/mol. The van der Waals surface area contributed by atoms with Crippen molar-refractivity contribution in [1.29, 1.82) is 0 Å². The van der Waals surface area contributed by atoms with E-state index in [1.54, 1.807) is 50.5 Å². The molecule has 2 saturated carbocycles. The van der Waals surface area contributed by atoms with Gasteiger partial charge in [-0.25, -0.2) is 23.4 Å². The number of hydrogen-bond acceptors (Lipinski definition) is 23. The minimum Gasteiger partial charge on any atom is -0.489 e. The number of likely N-dealkylation sites (tertiary alicyclic amines) is 3. The van der Waals surface area contributed by atoms with Gasteiger partial charge >= 0.3 is 0 Å². The number of piperidine rings is 2. The van der Waals surface area contributed by atoms with Crippen LogP contribution in [-0.4, -0.2) is 198 Å². The van der Waals surface area contributed by atoms with Gasteiger partial charge in [-0.2, -0.15) is 15.0 Å². The van der Waals surface area contributed by atoms with Crippen molar-refractivity contribution in [1.82, 2.24) is 59.7 Å². The van der Waals surface area contributed by atoms with Gasteiger partial charge in [0.15, 0.2) is 27.3 Å². The Labute approximate surface area is 755 Å². The van der Waals surface area contributed by atoms with Gasteiger partial charge < -0.3 is 75.9 Å². The molecule has 3 aliphatic heterocycles. The predicted octanol–water partition coefficient (Wildman–Crippen LogP) is 21.0. The van der Waals surface area contributed by atoms with Crippen LogP contribution in [0.15, 0.2) is 133 Å². The Bertz CT molecular complexity index is 5300. The number of amides is 2. The number of aromatic nitrogens is 6. The molecule has 3 aromatic heterocycles. The normalized spacial score (nSPS) is 17.5. The summed E-state index contributed by atoms with van der Waals surface area (Å²) in [5.41, 5.74) is 12.8. The maximum Gasteiger partial charge on any atom is 0.255 e. The van der Waals surface area contributed by atoms with E-state index < -0.39 is 15.1 Å². The van der Waals surface area contributed by atoms with Crippen molar-refractivity contribution < 1.29 is 32.2 Å². The van der Waals surface area contributed by atoms with Crippen LogP contribution in [0.2, 0.25) is 15.1 Å². The summed E-state index contributed by atoms with van der Waals surface area (Å²) in [6.45, 7) is 27.9. The van der Waals surface area contributed by atoms with Gasteiger partial charge in [0.25, 0.3) is 11.8 Å². The fourth-order valence-corrected chi connectivity index (χ4v) is 18.9. The molecule has 9 aromatic rings. The fourth-order valence-electron chi connectivity index (χ4n) is 17.3. The summed E-state index contributed by atoms with van der Waals surface area (Å²) < 4.78 is 44.8. The Morgan fingerprint density at radius 3 is 1.27 bits per heavy atom. The molecule has 3 saturated heterocycles. The second-order valence-electron chi connectivity index (χ2n) is 35.4. The Morgan fingerprint density at radius 2 is 0.848 bits per heavy atom. The molecule has 5 aliphatic rings. The number of nitrogens with zero attached hydrogens (tertiary/aromatic N) is 11. The Kier molecular flexibility index (Phi) is 32.7. The van der Waals surface area contributed by atoms with E-state index in [1.807, 2.05) is 95.0 Å². The standard InChI is InChI=1S/C33H47ClN6O3S.C32H41ClN6O2.C31H39ClN6O2/c1-20(2)43-30-18-25(24-15-14-23(39(6)7)17-29(24)40(8)9)22(5)16-28(30)37-33-35-19-26(34)32(38-33)36-27-12-10-11-13-31(27)44(41,42)21(3)4;1-20(2)41-29-18-25(22-13-15-39(4)16-14-22)21(3)17-28(29)37-32-34-19-26(33)30(38-32)36-27-12-8-7-11-24(27)31(40)35-23-9-5-6-10-23;1-20(2)40-28-18-24(22-11-15-37(4)16-12-22)21(3)17-27(28)35-31-33-19-25(32)29(36-31)34-26-10-6-5-9-23(26)30(39)38-13-7-8-14-38/h10-13,16,18-21,23-24,29H,14-15,17H2,1-9H3,(H2,35,36,37,38);7-8,11-12,17-20,22-23H,5-6,9-10,13-16H2,1-4H3,(H,35,40)(H2,34,36,37,38);5-6,9-10,17-20,22H,7-8,11-16H2,1-4H3,(H2,33,34,35,36)/t23-,24-,29+;;/m1../s1. The molecule has 0 radical (unpaired) electrons. The van der Waals surface area contributed by atoms with E-state index in [-0.39, 0.29) is 46.1 Å². The highest BCUT2D eigenvalue weighted by atomic mass is 35.5. The van der Waals surface area contributed by atoms with Crippen molar-refractivity contribution in [2.75, 3.05) is 113 Å². The lowest BCUT2D eigenvalue weighted by molar-refractivity contribution is 0.0793. The minimum absolute atomic E-state index is 0.0128. The van der Waals surface area contributed by atoms with Crippen molar-refractivity contribution in [2.24, 2.45) is 0 Å². The van der Waals surface area contributed by atoms with Gasteiger partial charge in [0.1, 0.15) is 32.3 Å². The number of carbonyl (C=O) groups excluding carboxylic acids is 2. The lowest BCUT2D eigenvalue weighted by atomic mass is 9.75. The van der Waals surface area contributed by atoms with Gasteiger partial charge in [0, 0.05) is 31.2 Å². The van der Waals surface area contributed by atoms with Crippen molar-refractivity contribution in [2.45, 2.75) is 224 Å². The van der Waals surface area contributed by atoms with E-state index in [0.717, 1.165) is 157 Å². The van der Waals surface area contributed by atoms with Crippen LogP contribution in [0.4, 0.5) is 69.4 Å². The van der Waals surface area contributed by atoms with Crippen LogP contribution in [0.5, 0.6) is 17.2 Å². The van der Waals surface area contributed by atoms with Crippen molar-refractivity contribution in [3.05, 3.63) is 187 Å². The minimum atomic E-state index is -3.54. The number of ether oxygens (including phenoxy) is 3. The van der Waals surface area contributed by atoms with Crippen LogP contribution in [0.25, 0.3) is 0 Å². The van der Waals surface area contributed by atoms with Crippen LogP contribution in [0.3, 0.4) is 0 Å². The number of hydrogen-bond donors (Lipinski definition) is 7. The van der Waals surface area contributed by atoms with Crippen LogP contribution >= 0.6 is 34.8 Å². The molecule has 0 unspecified atom stereocenters. The third-order valence-electron chi connectivity index (χ3n) is 24.0. The summed E-state index contributed by atoms with van der Waals surface area (Å²) in [7, 11) is 9.52. The molecule has 125 heavy (non-hydrogen) atoms. The first kappa shape index (κ1) is 94.5. The highest BCUT2D eigenvalue weighted by Gasteiger charge is 2.36. The lowest BCUT2D eigenvalue weighted by Gasteiger charge is -2.42. The zero-order valence-electron chi connectivity index (χ0n) is 75.7. The Morgan fingerprint density at radius 1 is 0.456 bits per heavy atom. The van der Waals surface area contributed by atoms with E-state index in [1.165, 1.54) is 39.6 Å². The van der Waals surface area contributed by atoms with E-state index in [0.29, 0.717) is 103 Å². The average Bonchev–Trinajstić information content (AvgIpc) is 1.44. The molecular formula is C96H127Cl3N18O7S. The summed E-state index contributed by atoms with van der Waals surface area (Å²) in [6, 6.07) is 35.7. The SMILES string of the molecule is Cc1cc(Nc2ncc(Cl)c(Nc3ccccc3C(=O)N3CCCC3)n2)c(OC(C)C)cc1C1CCN(C)CC1.Cc1cc(Nc2ncc(Cl)c(Nc3ccccc3C(=O)NC3CCCC3)n2)c(OC(C)C)cc1C1CCN(C)CC1.Cc1cc(Nc2ncc(Cl)c(Nc3ccccc3S(=O)(=O)C(C)C)n2)c(OC(C)C)cc1[C@H]1CC[C@@H](N(C)C)C[C@@H]1N(C)C. The number of nitrogens with one attached hydrogen (secondary N) is 7. The summed E-state index contributed by atoms with van der Waals surface area (Å²) in [5, 5.41) is 23.3. The maximum absolute atomic E-state index is 13.2. The molecule has 7 N–H and O–H groups in total. The number of likely N-dealkylation sites (N-methyl/N-ethyl adjacent to an activating group) is 1. The van der Waals surface area contributed by atoms with E-state index in [9.17, 15) is 18.0 Å². The molecule has 25 nitrogen and oxygen atoms in total. The van der Waals surface area contributed by atoms with Gasteiger partial charge in [-0.3, -0.25) is 9.59 Å². The number of benzene rings is 6. The number of carbonyl (C=O) groups is 2. The number of anilines is 12. The molecule has 0 bridgehead atoms. The first-order chi connectivity index (χ1) is 59.7. The molecule has 3 atom stereocenters. The number of halogens is 3. The summed E-state index contributed by atoms with van der Waals surface area (Å²) in [6.07, 6.45) is 19.0. The second-order valence-corrected chi connectivity index (χ2v) is 39.1. The second kappa shape index (κ2) is 43.2. The molecule has 2 amide bonds. The summed E-state index contributed by atoms with van der Waals surface area (Å²) in [4.78, 5) is 65.1. The molecule has 14 rings (SSSR count). The quantitative estimate of drug-likeness (QED) is 0.0240. The number of rotatable bonds is 28. The average molecular weight is 1780 g/mol. The Hall–Kier alpha value is -9.64. The molecule has 29 heteroatoms. The lowest BCUT2D eigenvalue weighted by Crippen LogP contribution is -2.45. The van der Waals surface area contributed by atoms with Crippen LogP contribution < -0.4 is 51.4 Å². The third-order valence-corrected chi connectivity index (χ3v) is 27.1. The first-order valence-electron chi connectivity index (χ1n) is 44.2. The molecule has 5 fully saturated rings. The first-order valence-corrected chi connectivity index (χ1v) is 46.9. The highest BCUT2D eigenvalue weighted by molar-refractivity contribution is 7.92. The predicted molar refractivity (Wildman–Crippen MR) is 509 cm³/mol. The molecule has 6 heterocycles. The largest absolute Gasteiger partial charge is 0.489 e. The van der Waals surface area contributed by atoms with E-state index in [4.69, 9.17) is 49.0 Å². The summed E-state index contributed by atoms with van der Waals surface area (Å²) in [5.74, 6) is 5.83. The van der Waals surface area contributed by atoms with Gasteiger partial charge in [0.05, 0.1) is 92.3 Å². The van der Waals surface area contributed by atoms with Crippen molar-refractivity contribution >= 4 is 126 Å². The van der Waals surface area contributed by atoms with Gasteiger partial charge in [0.2, 0.25) is 17.8 Å². The zero-order chi connectivity index (χ0) is 89.5. The number of para-hydroxylation sites is 3. The van der Waals surface area contributed by atoms with Crippen molar-refractivity contribution in [3.63, 3.8) is 0 Å².